The average molecular weight is 252 g/mol. The van der Waals surface area contributed by atoms with Gasteiger partial charge >= 0.3 is 7.68 Å². The maximum absolute atomic E-state index is 13.7. The monoisotopic (exact) mass is 252 g/mol. The Hall–Kier alpha value is 0.120. The first-order valence-corrected chi connectivity index (χ1v) is 8.00. The van der Waals surface area contributed by atoms with E-state index < -0.39 is 13.3 Å². The van der Waals surface area contributed by atoms with E-state index in [0.717, 1.165) is 38.5 Å². The van der Waals surface area contributed by atoms with E-state index >= 15 is 0 Å². The van der Waals surface area contributed by atoms with Crippen molar-refractivity contribution < 1.29 is 13.3 Å². The second kappa shape index (κ2) is 8.25. The molecule has 0 rings (SSSR count). The van der Waals surface area contributed by atoms with Crippen LogP contribution in [-0.4, -0.2) is 11.8 Å². The Balaban J connectivity index is 4.23. The van der Waals surface area contributed by atoms with Gasteiger partial charge in [0.05, 0.1) is 11.8 Å². The minimum absolute atomic E-state index is 0.168. The lowest BCUT2D eigenvalue weighted by atomic mass is 10.1. The van der Waals surface area contributed by atoms with Gasteiger partial charge in [0.1, 0.15) is 0 Å². The summed E-state index contributed by atoms with van der Waals surface area (Å²) in [6.07, 6.45) is 5.60. The van der Waals surface area contributed by atoms with Crippen molar-refractivity contribution >= 4 is 7.68 Å². The molecule has 4 heteroatoms. The van der Waals surface area contributed by atoms with Crippen LogP contribution >= 0.6 is 7.68 Å². The van der Waals surface area contributed by atoms with Gasteiger partial charge in [0.15, 0.2) is 0 Å². The van der Waals surface area contributed by atoms with Crippen molar-refractivity contribution in [2.45, 2.75) is 78.0 Å². The van der Waals surface area contributed by atoms with Crippen LogP contribution in [0, 0.1) is 0 Å². The van der Waals surface area contributed by atoms with Gasteiger partial charge in [-0.2, -0.15) is 4.20 Å². The Bertz CT molecular complexity index is 211. The molecule has 1 unspecified atom stereocenters. The zero-order valence-electron chi connectivity index (χ0n) is 11.0. The summed E-state index contributed by atoms with van der Waals surface area (Å²) in [5.41, 5.74) is -0.529. The number of halogens is 1. The largest absolute Gasteiger partial charge is 0.370 e. The lowest BCUT2D eigenvalue weighted by molar-refractivity contribution is 0.161. The highest BCUT2D eigenvalue weighted by molar-refractivity contribution is 7.54. The fourth-order valence-electron chi connectivity index (χ4n) is 1.44. The molecule has 0 amide bonds. The molecule has 0 radical (unpaired) electrons. The normalized spacial score (nSPS) is 15.7. The van der Waals surface area contributed by atoms with Crippen LogP contribution in [0.1, 0.15) is 66.2 Å². The second-order valence-electron chi connectivity index (χ2n) is 4.63. The molecule has 0 heterocycles. The van der Waals surface area contributed by atoms with E-state index in [1.165, 1.54) is 0 Å². The van der Waals surface area contributed by atoms with Crippen LogP contribution in [0.5, 0.6) is 0 Å². The molecule has 16 heavy (non-hydrogen) atoms. The Labute approximate surface area is 99.5 Å². The Morgan fingerprint density at radius 3 is 1.88 bits per heavy atom. The molecule has 98 valence electrons. The maximum Gasteiger partial charge on any atom is 0.370 e. The molecule has 0 bridgehead atoms. The van der Waals surface area contributed by atoms with Gasteiger partial charge in [-0.3, -0.25) is 4.57 Å². The van der Waals surface area contributed by atoms with Crippen molar-refractivity contribution in [2.75, 3.05) is 0 Å². The first-order chi connectivity index (χ1) is 7.44. The van der Waals surface area contributed by atoms with E-state index in [-0.39, 0.29) is 6.10 Å². The molecule has 2 nitrogen and oxygen atoms in total. The molecule has 0 spiro atoms. The summed E-state index contributed by atoms with van der Waals surface area (Å²) in [6, 6.07) is 0. The Morgan fingerprint density at radius 2 is 1.56 bits per heavy atom. The zero-order chi connectivity index (χ0) is 12.6. The van der Waals surface area contributed by atoms with Gasteiger partial charge in [-0.1, -0.05) is 53.4 Å². The molecule has 0 aromatic rings. The van der Waals surface area contributed by atoms with E-state index in [1.54, 1.807) is 13.8 Å². The number of unbranched alkanes of at least 4 members (excludes halogenated alkanes) is 2. The topological polar surface area (TPSA) is 26.3 Å². The SMILES string of the molecule is CCCCC(CCCC)OP(=O)(F)C(C)C. The number of hydrogen-bond acceptors (Lipinski definition) is 2. The summed E-state index contributed by atoms with van der Waals surface area (Å²) in [7, 11) is -3.90. The van der Waals surface area contributed by atoms with Gasteiger partial charge in [-0.25, -0.2) is 0 Å². The third-order valence-corrected chi connectivity index (χ3v) is 4.49. The lowest BCUT2D eigenvalue weighted by Crippen LogP contribution is -2.13. The van der Waals surface area contributed by atoms with Crippen LogP contribution in [0.3, 0.4) is 0 Å². The molecule has 0 aromatic heterocycles. The van der Waals surface area contributed by atoms with Crippen LogP contribution < -0.4 is 0 Å². The highest BCUT2D eigenvalue weighted by Crippen LogP contribution is 2.55. The fourth-order valence-corrected chi connectivity index (χ4v) is 2.30. The maximum atomic E-state index is 13.7. The van der Waals surface area contributed by atoms with E-state index in [4.69, 9.17) is 4.52 Å². The molecule has 0 aliphatic heterocycles. The van der Waals surface area contributed by atoms with E-state index in [0.29, 0.717) is 0 Å². The molecule has 1 atom stereocenters. The van der Waals surface area contributed by atoms with Crippen molar-refractivity contribution in [3.63, 3.8) is 0 Å². The summed E-state index contributed by atoms with van der Waals surface area (Å²) in [6.45, 7) is 7.40. The van der Waals surface area contributed by atoms with Gasteiger partial charge in [-0.05, 0) is 12.8 Å². The van der Waals surface area contributed by atoms with Crippen LogP contribution in [0.4, 0.5) is 4.20 Å². The van der Waals surface area contributed by atoms with Gasteiger partial charge in [0, 0.05) is 0 Å². The van der Waals surface area contributed by atoms with E-state index in [9.17, 15) is 8.76 Å². The summed E-state index contributed by atoms with van der Waals surface area (Å²) < 4.78 is 30.4. The molecule has 0 saturated carbocycles. The third kappa shape index (κ3) is 6.65. The molecular formula is C12H26FO2P. The van der Waals surface area contributed by atoms with E-state index in [2.05, 4.69) is 13.8 Å². The predicted molar refractivity (Wildman–Crippen MR) is 67.8 cm³/mol. The molecule has 0 aromatic carbocycles. The first kappa shape index (κ1) is 16.1. The zero-order valence-corrected chi connectivity index (χ0v) is 11.9. The number of rotatable bonds is 9. The first-order valence-electron chi connectivity index (χ1n) is 6.41. The van der Waals surface area contributed by atoms with Crippen LogP contribution in [0.2, 0.25) is 0 Å². The van der Waals surface area contributed by atoms with Gasteiger partial charge in [-0.15, -0.1) is 0 Å². The molecular weight excluding hydrogens is 226 g/mol. The Kier molecular flexibility index (Phi) is 8.31. The van der Waals surface area contributed by atoms with Crippen molar-refractivity contribution in [1.29, 1.82) is 0 Å². The van der Waals surface area contributed by atoms with Gasteiger partial charge in [0.25, 0.3) is 0 Å². The molecule has 0 N–H and O–H groups in total. The molecule has 0 aliphatic rings. The fraction of sp³-hybridized carbons (Fsp3) is 1.00. The van der Waals surface area contributed by atoms with Gasteiger partial charge < -0.3 is 4.52 Å². The van der Waals surface area contributed by atoms with Crippen molar-refractivity contribution in [2.24, 2.45) is 0 Å². The molecule has 0 aliphatic carbocycles. The second-order valence-corrected chi connectivity index (χ2v) is 6.91. The number of hydrogen-bond donors (Lipinski definition) is 0. The average Bonchev–Trinajstić information content (AvgIpc) is 2.21. The van der Waals surface area contributed by atoms with Crippen molar-refractivity contribution in [3.05, 3.63) is 0 Å². The smallest absolute Gasteiger partial charge is 0.302 e. The molecule has 0 fully saturated rings. The van der Waals surface area contributed by atoms with Crippen molar-refractivity contribution in [1.82, 2.24) is 0 Å². The summed E-state index contributed by atoms with van der Waals surface area (Å²) >= 11 is 0. The van der Waals surface area contributed by atoms with E-state index in [1.807, 2.05) is 0 Å². The Morgan fingerprint density at radius 1 is 1.12 bits per heavy atom. The van der Waals surface area contributed by atoms with Crippen LogP contribution in [0.25, 0.3) is 0 Å². The van der Waals surface area contributed by atoms with Crippen LogP contribution in [-0.2, 0) is 9.09 Å². The quantitative estimate of drug-likeness (QED) is 0.519. The summed E-state index contributed by atoms with van der Waals surface area (Å²) in [4.78, 5) is 0. The minimum atomic E-state index is -3.90. The standard InChI is InChI=1S/C12H26FO2P/c1-5-7-9-12(10-8-6-2)15-16(13,14)11(3)4/h11-12H,5-10H2,1-4H3. The summed E-state index contributed by atoms with van der Waals surface area (Å²) in [5, 5.41) is 0. The lowest BCUT2D eigenvalue weighted by Gasteiger charge is -2.21. The summed E-state index contributed by atoms with van der Waals surface area (Å²) in [5.74, 6) is 0. The van der Waals surface area contributed by atoms with Crippen molar-refractivity contribution in [3.8, 4) is 0 Å². The molecule has 0 saturated heterocycles. The third-order valence-electron chi connectivity index (χ3n) is 2.67. The van der Waals surface area contributed by atoms with Gasteiger partial charge in [0.2, 0.25) is 0 Å². The minimum Gasteiger partial charge on any atom is -0.302 e. The highest BCUT2D eigenvalue weighted by atomic mass is 31.2. The predicted octanol–water partition coefficient (Wildman–Crippen LogP) is 5.32. The highest BCUT2D eigenvalue weighted by Gasteiger charge is 2.30. The van der Waals surface area contributed by atoms with Crippen LogP contribution in [0.15, 0.2) is 0 Å².